The molecule has 4 heteroatoms. The van der Waals surface area contributed by atoms with E-state index in [1.807, 2.05) is 57.5 Å². The molecule has 0 N–H and O–H groups in total. The summed E-state index contributed by atoms with van der Waals surface area (Å²) >= 11 is 7.33. The van der Waals surface area contributed by atoms with E-state index >= 15 is 0 Å². The maximum absolute atomic E-state index is 3.91. The Morgan fingerprint density at radius 2 is 1.04 bits per heavy atom. The molecule has 0 saturated heterocycles. The highest BCUT2D eigenvalue weighted by atomic mass is 32.1. The third-order valence-electron chi connectivity index (χ3n) is 4.25. The van der Waals surface area contributed by atoms with E-state index in [2.05, 4.69) is 58.9 Å². The summed E-state index contributed by atoms with van der Waals surface area (Å²) in [6, 6.07) is 8.98. The van der Waals surface area contributed by atoms with Crippen LogP contribution in [0, 0.1) is 0 Å². The van der Waals surface area contributed by atoms with Crippen LogP contribution in [0.1, 0.15) is 11.1 Å². The van der Waals surface area contributed by atoms with E-state index in [1.54, 1.807) is 0 Å². The summed E-state index contributed by atoms with van der Waals surface area (Å²) in [5, 5.41) is 8.80. The summed E-state index contributed by atoms with van der Waals surface area (Å²) in [5.41, 5.74) is 5.44. The normalized spacial score (nSPS) is 10.9. The van der Waals surface area contributed by atoms with Crippen LogP contribution >= 0.6 is 45.3 Å². The molecule has 0 amide bonds. The van der Waals surface area contributed by atoms with E-state index in [0.717, 1.165) is 12.8 Å². The maximum atomic E-state index is 3.91. The van der Waals surface area contributed by atoms with Gasteiger partial charge in [0.2, 0.25) is 0 Å². The first kappa shape index (κ1) is 17.7. The average Bonchev–Trinajstić information content (AvgIpc) is 3.41. The zero-order valence-electron chi connectivity index (χ0n) is 14.2. The fourth-order valence-electron chi connectivity index (χ4n) is 3.10. The smallest absolute Gasteiger partial charge is 0.0532 e. The largest absolute Gasteiger partial charge is 0.143 e. The third kappa shape index (κ3) is 3.19. The van der Waals surface area contributed by atoms with E-state index in [-0.39, 0.29) is 0 Å². The van der Waals surface area contributed by atoms with Crippen molar-refractivity contribution in [3.8, 4) is 30.6 Å². The summed E-state index contributed by atoms with van der Waals surface area (Å²) in [6.45, 7) is 7.82. The van der Waals surface area contributed by atoms with Crippen LogP contribution in [0.2, 0.25) is 0 Å². The van der Waals surface area contributed by atoms with Gasteiger partial charge in [0.1, 0.15) is 0 Å². The van der Waals surface area contributed by atoms with Crippen molar-refractivity contribution in [1.29, 1.82) is 0 Å². The van der Waals surface area contributed by atoms with Gasteiger partial charge in [-0.15, -0.1) is 58.5 Å². The standard InChI is InChI=1S/C22H18S4/c1-3-5-15-7-11-23-19(15)17-9-13-25-21(17)18-10-14-26-22(18)20-16(6-4-2)8-12-24-20/h3-4,7-14H,1-2,5-6H2. The zero-order chi connectivity index (χ0) is 17.9. The number of allylic oxidation sites excluding steroid dienone is 2. The lowest BCUT2D eigenvalue weighted by Gasteiger charge is -2.07. The summed E-state index contributed by atoms with van der Waals surface area (Å²) in [6.07, 6.45) is 5.81. The zero-order valence-corrected chi connectivity index (χ0v) is 17.5. The molecule has 0 aliphatic carbocycles. The quantitative estimate of drug-likeness (QED) is 0.268. The molecule has 4 rings (SSSR count). The van der Waals surface area contributed by atoms with Gasteiger partial charge in [-0.1, -0.05) is 12.2 Å². The Morgan fingerprint density at radius 3 is 1.69 bits per heavy atom. The highest BCUT2D eigenvalue weighted by molar-refractivity contribution is 7.22. The SMILES string of the molecule is C=CCc1ccsc1-c1ccsc1-c1ccsc1-c1sccc1CC=C. The molecule has 0 nitrogen and oxygen atoms in total. The number of hydrogen-bond donors (Lipinski definition) is 0. The fourth-order valence-corrected chi connectivity index (χ4v) is 7.18. The summed E-state index contributed by atoms with van der Waals surface area (Å²) < 4.78 is 0. The predicted octanol–water partition coefficient (Wildman–Crippen LogP) is 8.39. The lowest BCUT2D eigenvalue weighted by molar-refractivity contribution is 1.31. The minimum atomic E-state index is 0.916. The number of rotatable bonds is 7. The Kier molecular flexibility index (Phi) is 5.36. The second-order valence-electron chi connectivity index (χ2n) is 5.86. The minimum Gasteiger partial charge on any atom is -0.143 e. The van der Waals surface area contributed by atoms with E-state index in [4.69, 9.17) is 0 Å². The molecule has 0 aromatic carbocycles. The number of hydrogen-bond acceptors (Lipinski definition) is 4. The van der Waals surface area contributed by atoms with E-state index in [9.17, 15) is 0 Å². The molecule has 0 aliphatic heterocycles. The molecule has 4 aromatic heterocycles. The molecule has 0 fully saturated rings. The van der Waals surface area contributed by atoms with Crippen LogP contribution in [0.25, 0.3) is 30.6 Å². The van der Waals surface area contributed by atoms with Gasteiger partial charge in [0.25, 0.3) is 0 Å². The first-order chi connectivity index (χ1) is 12.8. The highest BCUT2D eigenvalue weighted by Gasteiger charge is 2.19. The van der Waals surface area contributed by atoms with Crippen LogP contribution in [0.4, 0.5) is 0 Å². The predicted molar refractivity (Wildman–Crippen MR) is 122 cm³/mol. The lowest BCUT2D eigenvalue weighted by atomic mass is 10.0. The Bertz CT molecular complexity index is 953. The first-order valence-corrected chi connectivity index (χ1v) is 11.9. The molecule has 130 valence electrons. The molecule has 0 unspecified atom stereocenters. The molecule has 4 aromatic rings. The van der Waals surface area contributed by atoms with Gasteiger partial charge in [-0.3, -0.25) is 0 Å². The molecule has 0 spiro atoms. The molecule has 0 aliphatic rings. The van der Waals surface area contributed by atoms with Crippen LogP contribution in [0.5, 0.6) is 0 Å². The number of thiophene rings is 4. The Balaban J connectivity index is 1.82. The van der Waals surface area contributed by atoms with Crippen LogP contribution < -0.4 is 0 Å². The molecule has 0 atom stereocenters. The molecule has 0 radical (unpaired) electrons. The molecular weight excluding hydrogens is 393 g/mol. The highest BCUT2D eigenvalue weighted by Crippen LogP contribution is 2.47. The van der Waals surface area contributed by atoms with Gasteiger partial charge >= 0.3 is 0 Å². The van der Waals surface area contributed by atoms with E-state index < -0.39 is 0 Å². The first-order valence-electron chi connectivity index (χ1n) is 8.34. The van der Waals surface area contributed by atoms with E-state index in [0.29, 0.717) is 0 Å². The van der Waals surface area contributed by atoms with Crippen LogP contribution in [-0.4, -0.2) is 0 Å². The second kappa shape index (κ2) is 7.89. The van der Waals surface area contributed by atoms with Crippen molar-refractivity contribution >= 4 is 45.3 Å². The maximum Gasteiger partial charge on any atom is 0.0532 e. The van der Waals surface area contributed by atoms with Crippen molar-refractivity contribution in [2.75, 3.05) is 0 Å². The minimum absolute atomic E-state index is 0.916. The molecule has 4 heterocycles. The lowest BCUT2D eigenvalue weighted by Crippen LogP contribution is -1.84. The average molecular weight is 411 g/mol. The molecular formula is C22H18S4. The van der Waals surface area contributed by atoms with Gasteiger partial charge in [-0.05, 0) is 69.8 Å². The third-order valence-corrected chi connectivity index (χ3v) is 8.22. The van der Waals surface area contributed by atoms with Gasteiger partial charge in [-0.25, -0.2) is 0 Å². The summed E-state index contributed by atoms with van der Waals surface area (Å²) in [5.74, 6) is 0. The fraction of sp³-hybridized carbons (Fsp3) is 0.0909. The Morgan fingerprint density at radius 1 is 0.577 bits per heavy atom. The van der Waals surface area contributed by atoms with Crippen molar-refractivity contribution in [3.05, 3.63) is 82.2 Å². The van der Waals surface area contributed by atoms with Gasteiger partial charge in [-0.2, -0.15) is 0 Å². The topological polar surface area (TPSA) is 0 Å². The molecule has 26 heavy (non-hydrogen) atoms. The molecule has 0 saturated carbocycles. The Hall–Kier alpha value is -1.72. The van der Waals surface area contributed by atoms with Gasteiger partial charge in [0.15, 0.2) is 0 Å². The second-order valence-corrected chi connectivity index (χ2v) is 9.53. The molecule has 0 bridgehead atoms. The van der Waals surface area contributed by atoms with Crippen molar-refractivity contribution in [3.63, 3.8) is 0 Å². The van der Waals surface area contributed by atoms with Crippen molar-refractivity contribution < 1.29 is 0 Å². The van der Waals surface area contributed by atoms with Crippen molar-refractivity contribution in [2.24, 2.45) is 0 Å². The van der Waals surface area contributed by atoms with Crippen molar-refractivity contribution in [1.82, 2.24) is 0 Å². The van der Waals surface area contributed by atoms with Crippen molar-refractivity contribution in [2.45, 2.75) is 12.8 Å². The van der Waals surface area contributed by atoms with E-state index in [1.165, 1.54) is 41.8 Å². The summed E-state index contributed by atoms with van der Waals surface area (Å²) in [4.78, 5) is 5.50. The monoisotopic (exact) mass is 410 g/mol. The Labute approximate surface area is 170 Å². The van der Waals surface area contributed by atoms with Gasteiger partial charge in [0.05, 0.1) is 4.88 Å². The van der Waals surface area contributed by atoms with Gasteiger partial charge < -0.3 is 0 Å². The summed E-state index contributed by atoms with van der Waals surface area (Å²) in [7, 11) is 0. The van der Waals surface area contributed by atoms with Gasteiger partial charge in [0, 0.05) is 25.8 Å². The van der Waals surface area contributed by atoms with Crippen LogP contribution in [0.15, 0.2) is 71.1 Å². The van der Waals surface area contributed by atoms with Crippen LogP contribution in [0.3, 0.4) is 0 Å². The van der Waals surface area contributed by atoms with Crippen LogP contribution in [-0.2, 0) is 12.8 Å².